The molecule has 0 fully saturated rings. The Kier molecular flexibility index (Phi) is 4.63. The Bertz CT molecular complexity index is 296. The van der Waals surface area contributed by atoms with Crippen molar-refractivity contribution in [2.75, 3.05) is 0 Å². The number of halogens is 1. The number of rotatable bonds is 4. The van der Waals surface area contributed by atoms with Gasteiger partial charge in [-0.2, -0.15) is 0 Å². The minimum atomic E-state index is 0.586. The summed E-state index contributed by atoms with van der Waals surface area (Å²) in [5, 5.41) is 3.49. The van der Waals surface area contributed by atoms with E-state index >= 15 is 0 Å². The Hall–Kier alpha value is -0.340. The molecular weight excluding hydrogens is 238 g/mol. The van der Waals surface area contributed by atoms with Crippen LogP contribution in [0.15, 0.2) is 22.7 Å². The summed E-state index contributed by atoms with van der Waals surface area (Å²) < 4.78 is 1.23. The zero-order chi connectivity index (χ0) is 10.6. The van der Waals surface area contributed by atoms with Gasteiger partial charge in [0, 0.05) is 17.1 Å². The number of nitrogens with one attached hydrogen (secondary N) is 1. The van der Waals surface area contributed by atoms with Crippen LogP contribution in [0.1, 0.15) is 31.4 Å². The zero-order valence-electron chi connectivity index (χ0n) is 9.10. The van der Waals surface area contributed by atoms with E-state index in [1.807, 2.05) is 0 Å². The van der Waals surface area contributed by atoms with Gasteiger partial charge in [0.05, 0.1) is 0 Å². The third-order valence-electron chi connectivity index (χ3n) is 2.53. The molecule has 0 amide bonds. The van der Waals surface area contributed by atoms with Crippen molar-refractivity contribution in [2.24, 2.45) is 0 Å². The van der Waals surface area contributed by atoms with E-state index in [0.29, 0.717) is 6.04 Å². The molecule has 14 heavy (non-hydrogen) atoms. The van der Waals surface area contributed by atoms with Gasteiger partial charge in [0.1, 0.15) is 0 Å². The first-order valence-corrected chi connectivity index (χ1v) is 5.91. The van der Waals surface area contributed by atoms with Crippen LogP contribution in [0.3, 0.4) is 0 Å². The molecule has 0 heterocycles. The van der Waals surface area contributed by atoms with Crippen molar-refractivity contribution in [1.82, 2.24) is 5.32 Å². The average molecular weight is 256 g/mol. The fourth-order valence-electron chi connectivity index (χ4n) is 1.27. The van der Waals surface area contributed by atoms with Gasteiger partial charge in [-0.3, -0.25) is 0 Å². The van der Waals surface area contributed by atoms with E-state index in [1.165, 1.54) is 22.0 Å². The van der Waals surface area contributed by atoms with Gasteiger partial charge in [-0.15, -0.1) is 0 Å². The molecule has 0 aliphatic rings. The second-order valence-electron chi connectivity index (χ2n) is 3.74. The first-order valence-electron chi connectivity index (χ1n) is 5.12. The normalized spacial score (nSPS) is 12.9. The van der Waals surface area contributed by atoms with Crippen LogP contribution in [0.2, 0.25) is 0 Å². The number of benzene rings is 1. The van der Waals surface area contributed by atoms with E-state index in [1.54, 1.807) is 0 Å². The van der Waals surface area contributed by atoms with Crippen molar-refractivity contribution in [3.8, 4) is 0 Å². The topological polar surface area (TPSA) is 12.0 Å². The highest BCUT2D eigenvalue weighted by molar-refractivity contribution is 9.10. The molecule has 0 bridgehead atoms. The zero-order valence-corrected chi connectivity index (χ0v) is 10.7. The van der Waals surface area contributed by atoms with Crippen LogP contribution in [-0.4, -0.2) is 6.04 Å². The number of aryl methyl sites for hydroxylation is 1. The third kappa shape index (κ3) is 3.10. The second-order valence-corrected chi connectivity index (χ2v) is 4.53. The molecule has 1 atom stereocenters. The standard InChI is InChI=1S/C12H18BrN/c1-4-10(3)14-8-11-7-5-6-9(2)12(11)13/h5-7,10,14H,4,8H2,1-3H3. The summed E-state index contributed by atoms with van der Waals surface area (Å²) in [5.74, 6) is 0. The van der Waals surface area contributed by atoms with Gasteiger partial charge in [0.15, 0.2) is 0 Å². The molecule has 1 aromatic carbocycles. The lowest BCUT2D eigenvalue weighted by Crippen LogP contribution is -2.24. The van der Waals surface area contributed by atoms with Gasteiger partial charge in [-0.25, -0.2) is 0 Å². The lowest BCUT2D eigenvalue weighted by atomic mass is 10.1. The van der Waals surface area contributed by atoms with Crippen molar-refractivity contribution < 1.29 is 0 Å². The minimum absolute atomic E-state index is 0.586. The predicted molar refractivity (Wildman–Crippen MR) is 65.5 cm³/mol. The van der Waals surface area contributed by atoms with Crippen LogP contribution in [0.4, 0.5) is 0 Å². The van der Waals surface area contributed by atoms with Crippen LogP contribution < -0.4 is 5.32 Å². The van der Waals surface area contributed by atoms with Crippen LogP contribution in [-0.2, 0) is 6.54 Å². The van der Waals surface area contributed by atoms with Crippen molar-refractivity contribution >= 4 is 15.9 Å². The maximum atomic E-state index is 3.61. The van der Waals surface area contributed by atoms with Gasteiger partial charge in [-0.1, -0.05) is 41.1 Å². The smallest absolute Gasteiger partial charge is 0.0249 e. The Morgan fingerprint density at radius 1 is 1.43 bits per heavy atom. The van der Waals surface area contributed by atoms with Gasteiger partial charge in [0.2, 0.25) is 0 Å². The molecule has 0 saturated heterocycles. The summed E-state index contributed by atoms with van der Waals surface area (Å²) >= 11 is 3.61. The molecule has 1 aromatic rings. The predicted octanol–water partition coefficient (Wildman–Crippen LogP) is 3.65. The second kappa shape index (κ2) is 5.52. The summed E-state index contributed by atoms with van der Waals surface area (Å²) in [5.41, 5.74) is 2.64. The Morgan fingerprint density at radius 3 is 2.79 bits per heavy atom. The van der Waals surface area contributed by atoms with Crippen molar-refractivity contribution in [1.29, 1.82) is 0 Å². The molecule has 1 N–H and O–H groups in total. The summed E-state index contributed by atoms with van der Waals surface area (Å²) in [6, 6.07) is 6.97. The molecule has 1 rings (SSSR count). The maximum absolute atomic E-state index is 3.61. The van der Waals surface area contributed by atoms with Crippen molar-refractivity contribution in [2.45, 2.75) is 39.8 Å². The molecule has 0 aromatic heterocycles. The first-order chi connectivity index (χ1) is 6.65. The van der Waals surface area contributed by atoms with E-state index < -0.39 is 0 Å². The van der Waals surface area contributed by atoms with Gasteiger partial charge in [0.25, 0.3) is 0 Å². The summed E-state index contributed by atoms with van der Waals surface area (Å²) in [4.78, 5) is 0. The van der Waals surface area contributed by atoms with E-state index in [9.17, 15) is 0 Å². The molecular formula is C12H18BrN. The highest BCUT2D eigenvalue weighted by atomic mass is 79.9. The number of hydrogen-bond donors (Lipinski definition) is 1. The molecule has 78 valence electrons. The fraction of sp³-hybridized carbons (Fsp3) is 0.500. The van der Waals surface area contributed by atoms with Gasteiger partial charge in [-0.05, 0) is 31.4 Å². The van der Waals surface area contributed by atoms with Gasteiger partial charge < -0.3 is 5.32 Å². The fourth-order valence-corrected chi connectivity index (χ4v) is 1.68. The minimum Gasteiger partial charge on any atom is -0.310 e. The molecule has 2 heteroatoms. The van der Waals surface area contributed by atoms with E-state index in [-0.39, 0.29) is 0 Å². The number of hydrogen-bond acceptors (Lipinski definition) is 1. The van der Waals surface area contributed by atoms with Crippen LogP contribution in [0.5, 0.6) is 0 Å². The highest BCUT2D eigenvalue weighted by Crippen LogP contribution is 2.20. The molecule has 1 unspecified atom stereocenters. The van der Waals surface area contributed by atoms with Crippen LogP contribution in [0, 0.1) is 6.92 Å². The van der Waals surface area contributed by atoms with Crippen LogP contribution >= 0.6 is 15.9 Å². The third-order valence-corrected chi connectivity index (χ3v) is 3.66. The average Bonchev–Trinajstić information content (AvgIpc) is 2.20. The Balaban J connectivity index is 2.63. The van der Waals surface area contributed by atoms with E-state index in [0.717, 1.165) is 6.54 Å². The van der Waals surface area contributed by atoms with Crippen molar-refractivity contribution in [3.63, 3.8) is 0 Å². The molecule has 0 saturated carbocycles. The molecule has 0 aliphatic carbocycles. The first kappa shape index (κ1) is 11.7. The molecule has 0 radical (unpaired) electrons. The van der Waals surface area contributed by atoms with E-state index in [4.69, 9.17) is 0 Å². The quantitative estimate of drug-likeness (QED) is 0.867. The molecule has 0 spiro atoms. The SMILES string of the molecule is CCC(C)NCc1cccc(C)c1Br. The van der Waals surface area contributed by atoms with E-state index in [2.05, 4.69) is 60.2 Å². The van der Waals surface area contributed by atoms with Gasteiger partial charge >= 0.3 is 0 Å². The lowest BCUT2D eigenvalue weighted by molar-refractivity contribution is 0.533. The maximum Gasteiger partial charge on any atom is 0.0249 e. The monoisotopic (exact) mass is 255 g/mol. The summed E-state index contributed by atoms with van der Waals surface area (Å²) in [6.45, 7) is 7.47. The molecule has 1 nitrogen and oxygen atoms in total. The van der Waals surface area contributed by atoms with Crippen LogP contribution in [0.25, 0.3) is 0 Å². The Labute approximate surface area is 95.0 Å². The summed E-state index contributed by atoms with van der Waals surface area (Å²) in [6.07, 6.45) is 1.17. The highest BCUT2D eigenvalue weighted by Gasteiger charge is 2.03. The Morgan fingerprint density at radius 2 is 2.14 bits per heavy atom. The lowest BCUT2D eigenvalue weighted by Gasteiger charge is -2.13. The molecule has 0 aliphatic heterocycles. The largest absolute Gasteiger partial charge is 0.310 e. The summed E-state index contributed by atoms with van der Waals surface area (Å²) in [7, 11) is 0. The van der Waals surface area contributed by atoms with Crippen molar-refractivity contribution in [3.05, 3.63) is 33.8 Å².